The lowest BCUT2D eigenvalue weighted by molar-refractivity contribution is -0.127. The Bertz CT molecular complexity index is 1110. The highest BCUT2D eigenvalue weighted by Crippen LogP contribution is 2.13. The summed E-state index contributed by atoms with van der Waals surface area (Å²) in [4.78, 5) is 33.0. The number of hydrogen-bond donors (Lipinski definition) is 1. The minimum atomic E-state index is -0.343. The highest BCUT2D eigenvalue weighted by Gasteiger charge is 2.21. The van der Waals surface area contributed by atoms with Crippen molar-refractivity contribution in [2.45, 2.75) is 0 Å². The number of fused-ring (bicyclic) bond motifs is 1. The van der Waals surface area contributed by atoms with Gasteiger partial charge in [0, 0.05) is 43.3 Å². The van der Waals surface area contributed by atoms with Gasteiger partial charge in [-0.15, -0.1) is 0 Å². The average molecular weight is 418 g/mol. The second-order valence-corrected chi connectivity index (χ2v) is 7.42. The van der Waals surface area contributed by atoms with E-state index in [1.54, 1.807) is 17.1 Å². The number of piperazine rings is 1. The molecular weight excluding hydrogens is 395 g/mol. The first-order chi connectivity index (χ1) is 15.1. The molecule has 0 saturated carbocycles. The minimum Gasteiger partial charge on any atom is -0.337 e. The summed E-state index contributed by atoms with van der Waals surface area (Å²) in [5.41, 5.74) is 2.19. The Morgan fingerprint density at radius 3 is 2.48 bits per heavy atom. The topological polar surface area (TPSA) is 65.5 Å². The second kappa shape index (κ2) is 9.49. The Morgan fingerprint density at radius 1 is 0.968 bits per heavy atom. The van der Waals surface area contributed by atoms with E-state index in [1.807, 2.05) is 41.3 Å². The molecule has 0 unspecified atom stereocenters. The maximum atomic E-state index is 13.0. The van der Waals surface area contributed by atoms with E-state index >= 15 is 0 Å². The van der Waals surface area contributed by atoms with Gasteiger partial charge >= 0.3 is 0 Å². The van der Waals surface area contributed by atoms with Crippen molar-refractivity contribution in [1.29, 1.82) is 0 Å². The first kappa shape index (κ1) is 20.7. The highest BCUT2D eigenvalue weighted by molar-refractivity contribution is 5.93. The van der Waals surface area contributed by atoms with Crippen LogP contribution in [0.15, 0.2) is 66.7 Å². The molecule has 0 bridgehead atoms. The molecule has 0 aliphatic carbocycles. The Kier molecular flexibility index (Phi) is 6.33. The van der Waals surface area contributed by atoms with Crippen LogP contribution in [0.2, 0.25) is 0 Å². The molecular formula is C24H23FN4O2. The molecule has 1 aliphatic rings. The number of pyridine rings is 1. The summed E-state index contributed by atoms with van der Waals surface area (Å²) < 4.78 is 13.0. The maximum Gasteiger partial charge on any atom is 0.246 e. The molecule has 1 aromatic heterocycles. The molecule has 4 rings (SSSR count). The summed E-state index contributed by atoms with van der Waals surface area (Å²) in [6.07, 6.45) is 3.28. The predicted octanol–water partition coefficient (Wildman–Crippen LogP) is 3.17. The van der Waals surface area contributed by atoms with Crippen LogP contribution in [0, 0.1) is 5.82 Å². The van der Waals surface area contributed by atoms with Gasteiger partial charge in [-0.2, -0.15) is 0 Å². The molecule has 1 N–H and O–H groups in total. The van der Waals surface area contributed by atoms with Crippen LogP contribution in [0.4, 0.5) is 10.1 Å². The van der Waals surface area contributed by atoms with Crippen LogP contribution in [0.3, 0.4) is 0 Å². The van der Waals surface area contributed by atoms with Crippen LogP contribution in [-0.2, 0) is 9.59 Å². The third-order valence-electron chi connectivity index (χ3n) is 5.20. The normalized spacial score (nSPS) is 14.8. The first-order valence-corrected chi connectivity index (χ1v) is 10.2. The summed E-state index contributed by atoms with van der Waals surface area (Å²) in [5.74, 6) is -0.566. The molecule has 0 atom stereocenters. The fourth-order valence-corrected chi connectivity index (χ4v) is 3.50. The molecule has 2 heterocycles. The van der Waals surface area contributed by atoms with Gasteiger partial charge in [-0.3, -0.25) is 14.5 Å². The minimum absolute atomic E-state index is 0.0645. The smallest absolute Gasteiger partial charge is 0.246 e. The number of halogens is 1. The SMILES string of the molecule is O=C(CN1CCN(C(=O)/C=C/c2ccc3ccccc3n2)CC1)Nc1ccc(F)cc1. The number of hydrogen-bond acceptors (Lipinski definition) is 4. The Labute approximate surface area is 180 Å². The molecule has 1 saturated heterocycles. The van der Waals surface area contributed by atoms with E-state index in [1.165, 1.54) is 24.3 Å². The highest BCUT2D eigenvalue weighted by atomic mass is 19.1. The number of anilines is 1. The van der Waals surface area contributed by atoms with E-state index in [0.29, 0.717) is 31.9 Å². The van der Waals surface area contributed by atoms with Crippen molar-refractivity contribution >= 4 is 34.5 Å². The van der Waals surface area contributed by atoms with Crippen LogP contribution in [0.1, 0.15) is 5.69 Å². The van der Waals surface area contributed by atoms with Gasteiger partial charge in [0.15, 0.2) is 0 Å². The molecule has 6 nitrogen and oxygen atoms in total. The van der Waals surface area contributed by atoms with Crippen LogP contribution < -0.4 is 5.32 Å². The van der Waals surface area contributed by atoms with E-state index in [-0.39, 0.29) is 24.2 Å². The van der Waals surface area contributed by atoms with Crippen molar-refractivity contribution < 1.29 is 14.0 Å². The number of aromatic nitrogens is 1. The number of nitrogens with zero attached hydrogens (tertiary/aromatic N) is 3. The standard InChI is InChI=1S/C24H23FN4O2/c25-19-6-9-21(10-7-19)27-23(30)17-28-13-15-29(16-14-28)24(31)12-11-20-8-5-18-3-1-2-4-22(18)26-20/h1-12H,13-17H2,(H,27,30)/b12-11+. The first-order valence-electron chi connectivity index (χ1n) is 10.2. The van der Waals surface area contributed by atoms with Crippen LogP contribution in [0.25, 0.3) is 17.0 Å². The van der Waals surface area contributed by atoms with Gasteiger partial charge in [-0.25, -0.2) is 9.37 Å². The van der Waals surface area contributed by atoms with Crippen LogP contribution >= 0.6 is 0 Å². The molecule has 3 aromatic rings. The Morgan fingerprint density at radius 2 is 1.71 bits per heavy atom. The van der Waals surface area contributed by atoms with E-state index in [0.717, 1.165) is 16.6 Å². The van der Waals surface area contributed by atoms with Crippen LogP contribution in [-0.4, -0.2) is 59.3 Å². The van der Waals surface area contributed by atoms with Crippen molar-refractivity contribution in [2.75, 3.05) is 38.0 Å². The zero-order chi connectivity index (χ0) is 21.6. The fraction of sp³-hybridized carbons (Fsp3) is 0.208. The van der Waals surface area contributed by atoms with Crippen molar-refractivity contribution in [3.05, 3.63) is 78.3 Å². The number of para-hydroxylation sites is 1. The molecule has 0 radical (unpaired) electrons. The van der Waals surface area contributed by atoms with Crippen LogP contribution in [0.5, 0.6) is 0 Å². The van der Waals surface area contributed by atoms with Gasteiger partial charge in [-0.05, 0) is 42.5 Å². The summed E-state index contributed by atoms with van der Waals surface area (Å²) in [7, 11) is 0. The zero-order valence-corrected chi connectivity index (χ0v) is 17.0. The van der Waals surface area contributed by atoms with Gasteiger partial charge in [0.1, 0.15) is 5.82 Å². The lowest BCUT2D eigenvalue weighted by Crippen LogP contribution is -2.50. The van der Waals surface area contributed by atoms with E-state index in [9.17, 15) is 14.0 Å². The largest absolute Gasteiger partial charge is 0.337 e. The van der Waals surface area contributed by atoms with Crippen molar-refractivity contribution in [1.82, 2.24) is 14.8 Å². The van der Waals surface area contributed by atoms with Gasteiger partial charge in [0.05, 0.1) is 17.8 Å². The molecule has 2 amide bonds. The summed E-state index contributed by atoms with van der Waals surface area (Å²) in [6, 6.07) is 17.4. The van der Waals surface area contributed by atoms with Gasteiger partial charge < -0.3 is 10.2 Å². The summed E-state index contributed by atoms with van der Waals surface area (Å²) in [5, 5.41) is 3.82. The van der Waals surface area contributed by atoms with Crippen molar-refractivity contribution in [2.24, 2.45) is 0 Å². The van der Waals surface area contributed by atoms with E-state index in [4.69, 9.17) is 0 Å². The number of rotatable bonds is 5. The Hall–Kier alpha value is -3.58. The third-order valence-corrected chi connectivity index (χ3v) is 5.20. The molecule has 1 fully saturated rings. The van der Waals surface area contributed by atoms with E-state index < -0.39 is 0 Å². The molecule has 7 heteroatoms. The quantitative estimate of drug-likeness (QED) is 0.647. The lowest BCUT2D eigenvalue weighted by atomic mass is 10.2. The molecule has 1 aliphatic heterocycles. The predicted molar refractivity (Wildman–Crippen MR) is 119 cm³/mol. The van der Waals surface area contributed by atoms with Crippen molar-refractivity contribution in [3.63, 3.8) is 0 Å². The lowest BCUT2D eigenvalue weighted by Gasteiger charge is -2.33. The Balaban J connectivity index is 1.25. The molecule has 31 heavy (non-hydrogen) atoms. The number of benzene rings is 2. The zero-order valence-electron chi connectivity index (χ0n) is 17.0. The van der Waals surface area contributed by atoms with E-state index in [2.05, 4.69) is 10.3 Å². The maximum absolute atomic E-state index is 13.0. The second-order valence-electron chi connectivity index (χ2n) is 7.42. The average Bonchev–Trinajstić information content (AvgIpc) is 2.79. The molecule has 158 valence electrons. The number of amides is 2. The fourth-order valence-electron chi connectivity index (χ4n) is 3.50. The van der Waals surface area contributed by atoms with Gasteiger partial charge in [0.2, 0.25) is 11.8 Å². The number of nitrogens with one attached hydrogen (secondary N) is 1. The van der Waals surface area contributed by atoms with Crippen molar-refractivity contribution in [3.8, 4) is 0 Å². The number of carbonyl (C=O) groups excluding carboxylic acids is 2. The van der Waals surface area contributed by atoms with Gasteiger partial charge in [-0.1, -0.05) is 24.3 Å². The summed E-state index contributed by atoms with van der Waals surface area (Å²) >= 11 is 0. The van der Waals surface area contributed by atoms with Gasteiger partial charge in [0.25, 0.3) is 0 Å². The monoisotopic (exact) mass is 418 g/mol. The number of carbonyl (C=O) groups is 2. The summed E-state index contributed by atoms with van der Waals surface area (Å²) in [6.45, 7) is 2.57. The molecule has 2 aromatic carbocycles. The third kappa shape index (κ3) is 5.52. The molecule has 0 spiro atoms.